The molecule has 0 aromatic heterocycles. The van der Waals surface area contributed by atoms with Crippen LogP contribution in [0.1, 0.15) is 82.2 Å². The lowest BCUT2D eigenvalue weighted by Crippen LogP contribution is -2.61. The summed E-state index contributed by atoms with van der Waals surface area (Å²) in [6, 6.07) is 9.00. The second kappa shape index (κ2) is 13.0. The van der Waals surface area contributed by atoms with Gasteiger partial charge in [0.2, 0.25) is 17.7 Å². The zero-order chi connectivity index (χ0) is 33.3. The molecule has 1 aliphatic carbocycles. The van der Waals surface area contributed by atoms with Gasteiger partial charge in [0.05, 0.1) is 6.04 Å². The van der Waals surface area contributed by atoms with Gasteiger partial charge >= 0.3 is 15.6 Å². The molecule has 2 aliphatic rings. The Hall–Kier alpha value is -3.61. The van der Waals surface area contributed by atoms with E-state index in [1.165, 1.54) is 11.0 Å². The predicted molar refractivity (Wildman–Crippen MR) is 161 cm³/mol. The van der Waals surface area contributed by atoms with Crippen LogP contribution >= 0.6 is 0 Å². The topological polar surface area (TPSA) is 122 Å². The first-order valence-corrected chi connectivity index (χ1v) is 16.4. The summed E-state index contributed by atoms with van der Waals surface area (Å²) in [5.74, 6) is -2.14. The van der Waals surface area contributed by atoms with Gasteiger partial charge in [-0.15, -0.1) is 0 Å². The van der Waals surface area contributed by atoms with Gasteiger partial charge in [-0.05, 0) is 65.5 Å². The van der Waals surface area contributed by atoms with E-state index in [1.807, 2.05) is 52.0 Å². The molecule has 0 spiro atoms. The number of carbonyl (C=O) groups excluding carboxylic acids is 3. The number of nitrogens with one attached hydrogen (secondary N) is 2. The van der Waals surface area contributed by atoms with Crippen molar-refractivity contribution in [3.63, 3.8) is 0 Å². The van der Waals surface area contributed by atoms with Crippen molar-refractivity contribution in [2.24, 2.45) is 11.3 Å². The van der Waals surface area contributed by atoms with Gasteiger partial charge < -0.3 is 19.7 Å². The first-order chi connectivity index (χ1) is 20.9. The fourth-order valence-electron chi connectivity index (χ4n) is 5.71. The average Bonchev–Trinajstić information content (AvgIpc) is 2.97. The summed E-state index contributed by atoms with van der Waals surface area (Å²) in [7, 11) is -5.91. The molecule has 13 heteroatoms. The average molecular weight is 652 g/mol. The summed E-state index contributed by atoms with van der Waals surface area (Å²) in [4.78, 5) is 42.6. The fraction of sp³-hybridized carbons (Fsp3) is 0.531. The fourth-order valence-corrected chi connectivity index (χ4v) is 6.16. The Kier molecular flexibility index (Phi) is 9.91. The highest BCUT2D eigenvalue weighted by molar-refractivity contribution is 7.88. The van der Waals surface area contributed by atoms with Crippen molar-refractivity contribution in [2.45, 2.75) is 96.9 Å². The molecule has 4 rings (SSSR count). The van der Waals surface area contributed by atoms with Crippen molar-refractivity contribution in [1.82, 2.24) is 15.5 Å². The molecule has 2 unspecified atom stereocenters. The molecule has 4 atom stereocenters. The Balaban J connectivity index is 1.70. The Morgan fingerprint density at radius 2 is 1.73 bits per heavy atom. The number of halogens is 3. The molecule has 2 aromatic rings. The Morgan fingerprint density at radius 3 is 2.38 bits per heavy atom. The zero-order valence-electron chi connectivity index (χ0n) is 26.0. The summed E-state index contributed by atoms with van der Waals surface area (Å²) in [5, 5.41) is 5.96. The van der Waals surface area contributed by atoms with E-state index in [-0.39, 0.29) is 30.8 Å². The molecule has 9 nitrogen and oxygen atoms in total. The molecule has 0 radical (unpaired) electrons. The number of nitrogens with zero attached hydrogens (tertiary/aromatic N) is 1. The second-order valence-electron chi connectivity index (χ2n) is 12.9. The quantitative estimate of drug-likeness (QED) is 0.308. The molecule has 45 heavy (non-hydrogen) atoms. The minimum atomic E-state index is -5.91. The van der Waals surface area contributed by atoms with Crippen molar-refractivity contribution in [3.8, 4) is 5.75 Å². The maximum Gasteiger partial charge on any atom is 0.534 e. The number of hydrogen-bond acceptors (Lipinski definition) is 6. The molecule has 1 heterocycles. The second-order valence-corrected chi connectivity index (χ2v) is 14.4. The third-order valence-corrected chi connectivity index (χ3v) is 9.51. The van der Waals surface area contributed by atoms with Crippen LogP contribution in [0, 0.1) is 11.3 Å². The smallest absolute Gasteiger partial charge is 0.376 e. The third-order valence-electron chi connectivity index (χ3n) is 8.53. The Morgan fingerprint density at radius 1 is 1.04 bits per heavy atom. The molecule has 0 fully saturated rings. The van der Waals surface area contributed by atoms with Crippen LogP contribution in [0.5, 0.6) is 5.75 Å². The van der Waals surface area contributed by atoms with Crippen molar-refractivity contribution in [2.75, 3.05) is 0 Å². The Bertz CT molecular complexity index is 1550. The van der Waals surface area contributed by atoms with Crippen LogP contribution in [0.2, 0.25) is 0 Å². The van der Waals surface area contributed by atoms with E-state index in [2.05, 4.69) is 14.8 Å². The van der Waals surface area contributed by atoms with E-state index in [0.717, 1.165) is 36.1 Å². The molecular formula is C32H40F3N3O6S. The summed E-state index contributed by atoms with van der Waals surface area (Å²) in [6.07, 6.45) is 2.86. The lowest BCUT2D eigenvalue weighted by Gasteiger charge is -2.41. The molecule has 0 saturated carbocycles. The number of carbonyl (C=O) groups is 3. The first-order valence-electron chi connectivity index (χ1n) is 15.0. The highest BCUT2D eigenvalue weighted by Crippen LogP contribution is 2.34. The standard InChI is InChI=1S/C32H40F3N3O6S/c1-6-19(2)28(39)37-27(31(3,4)5)30(41)38-18-21-14-15-23(44-45(42,43)32(33,34)35)16-22(21)17-26(38)29(40)36-25-13-9-11-20-10-7-8-12-24(20)25/h7-8,10,12,14-16,19,25-27H,6,9,11,13,17-18H2,1-5H3,(H,36,40)(H,37,39)/t19-,25?,26?,27-/m1/s1. The monoisotopic (exact) mass is 651 g/mol. The van der Waals surface area contributed by atoms with E-state index in [1.54, 1.807) is 6.92 Å². The van der Waals surface area contributed by atoms with Gasteiger partial charge in [0, 0.05) is 18.9 Å². The number of alkyl halides is 3. The van der Waals surface area contributed by atoms with Gasteiger partial charge in [-0.2, -0.15) is 21.6 Å². The van der Waals surface area contributed by atoms with Gasteiger partial charge in [0.1, 0.15) is 17.8 Å². The molecule has 2 N–H and O–H groups in total. The van der Waals surface area contributed by atoms with Crippen molar-refractivity contribution in [1.29, 1.82) is 0 Å². The number of hydrogen-bond donors (Lipinski definition) is 2. The number of rotatable bonds is 8. The molecule has 1 aliphatic heterocycles. The van der Waals surface area contributed by atoms with Gasteiger partial charge in [-0.25, -0.2) is 0 Å². The number of fused-ring (bicyclic) bond motifs is 2. The van der Waals surface area contributed by atoms with E-state index in [9.17, 15) is 36.0 Å². The van der Waals surface area contributed by atoms with Crippen LogP contribution < -0.4 is 14.8 Å². The highest BCUT2D eigenvalue weighted by Gasteiger charge is 2.49. The normalized spacial score (nSPS) is 19.9. The first kappa shape index (κ1) is 34.3. The van der Waals surface area contributed by atoms with Crippen LogP contribution in [-0.2, 0) is 43.9 Å². The predicted octanol–water partition coefficient (Wildman–Crippen LogP) is 4.94. The van der Waals surface area contributed by atoms with Crippen LogP contribution in [0.3, 0.4) is 0 Å². The molecule has 3 amide bonds. The van der Waals surface area contributed by atoms with E-state index in [4.69, 9.17) is 0 Å². The van der Waals surface area contributed by atoms with E-state index >= 15 is 0 Å². The van der Waals surface area contributed by atoms with Gasteiger partial charge in [0.25, 0.3) is 0 Å². The molecule has 0 saturated heterocycles. The van der Waals surface area contributed by atoms with Gasteiger partial charge in [0.15, 0.2) is 0 Å². The molecule has 0 bridgehead atoms. The van der Waals surface area contributed by atoms with Gasteiger partial charge in [-0.1, -0.05) is 65.0 Å². The van der Waals surface area contributed by atoms with Crippen molar-refractivity contribution < 1.29 is 40.2 Å². The lowest BCUT2D eigenvalue weighted by molar-refractivity contribution is -0.147. The molecule has 246 valence electrons. The zero-order valence-corrected chi connectivity index (χ0v) is 26.8. The van der Waals surface area contributed by atoms with Crippen LogP contribution in [0.15, 0.2) is 42.5 Å². The van der Waals surface area contributed by atoms with Crippen LogP contribution in [0.4, 0.5) is 13.2 Å². The summed E-state index contributed by atoms with van der Waals surface area (Å²) in [6.45, 7) is 8.95. The largest absolute Gasteiger partial charge is 0.534 e. The highest BCUT2D eigenvalue weighted by atomic mass is 32.2. The van der Waals surface area contributed by atoms with Crippen LogP contribution in [-0.4, -0.2) is 48.6 Å². The maximum absolute atomic E-state index is 14.3. The van der Waals surface area contributed by atoms with Crippen molar-refractivity contribution in [3.05, 3.63) is 64.7 Å². The van der Waals surface area contributed by atoms with Gasteiger partial charge in [-0.3, -0.25) is 14.4 Å². The van der Waals surface area contributed by atoms with E-state index < -0.39 is 50.7 Å². The minimum Gasteiger partial charge on any atom is -0.376 e. The summed E-state index contributed by atoms with van der Waals surface area (Å²) in [5.41, 5.74) is -3.38. The van der Waals surface area contributed by atoms with E-state index in [0.29, 0.717) is 24.0 Å². The van der Waals surface area contributed by atoms with Crippen molar-refractivity contribution >= 4 is 27.8 Å². The minimum absolute atomic E-state index is 0.0917. The maximum atomic E-state index is 14.3. The summed E-state index contributed by atoms with van der Waals surface area (Å²) >= 11 is 0. The number of amides is 3. The lowest BCUT2D eigenvalue weighted by atomic mass is 9.83. The summed E-state index contributed by atoms with van der Waals surface area (Å²) < 4.78 is 66.6. The number of benzene rings is 2. The number of aryl methyl sites for hydroxylation is 1. The Labute approximate surface area is 262 Å². The van der Waals surface area contributed by atoms with Crippen LogP contribution in [0.25, 0.3) is 0 Å². The SMILES string of the molecule is CC[C@@H](C)C(=O)N[C@H](C(=O)N1Cc2ccc(OS(=O)(=O)C(F)(F)F)cc2CC1C(=O)NC1CCCc2ccccc21)C(C)(C)C. The molecule has 2 aromatic carbocycles. The third kappa shape index (κ3) is 7.62. The molecular weight excluding hydrogens is 611 g/mol.